The van der Waals surface area contributed by atoms with Gasteiger partial charge in [0.05, 0.1) is 5.41 Å². The zero-order valence-electron chi connectivity index (χ0n) is 13.0. The van der Waals surface area contributed by atoms with Crippen LogP contribution in [0.5, 0.6) is 0 Å². The lowest BCUT2D eigenvalue weighted by atomic mass is 9.95. The predicted molar refractivity (Wildman–Crippen MR) is 93.9 cm³/mol. The standard InChI is InChI=1S/C14H29N3O2S2/c1-14(2,10-21)13(19)17-11(9-20)12(18)16-8-6-4-3-5-7-15/h11,20-21H,3-10,15H2,1-2H3,(H,16,18)(H,17,19)/t11-/m0/s1. The first kappa shape index (κ1) is 20.6. The molecule has 0 aromatic heterocycles. The summed E-state index contributed by atoms with van der Waals surface area (Å²) in [5.41, 5.74) is 4.81. The second-order valence-corrected chi connectivity index (χ2v) is 6.43. The monoisotopic (exact) mass is 335 g/mol. The van der Waals surface area contributed by atoms with Gasteiger partial charge in [0.15, 0.2) is 0 Å². The Labute approximate surface area is 139 Å². The maximum atomic E-state index is 12.0. The van der Waals surface area contributed by atoms with Gasteiger partial charge in [-0.25, -0.2) is 0 Å². The molecule has 1 atom stereocenters. The first-order valence-corrected chi connectivity index (χ1v) is 8.66. The van der Waals surface area contributed by atoms with Crippen LogP contribution in [0.2, 0.25) is 0 Å². The van der Waals surface area contributed by atoms with E-state index in [1.807, 2.05) is 0 Å². The van der Waals surface area contributed by atoms with Crippen LogP contribution in [0.1, 0.15) is 39.5 Å². The molecule has 124 valence electrons. The average molecular weight is 336 g/mol. The summed E-state index contributed by atoms with van der Waals surface area (Å²) in [5.74, 6) is 0.315. The number of hydrogen-bond donors (Lipinski definition) is 5. The second kappa shape index (κ2) is 11.2. The minimum atomic E-state index is -0.607. The Balaban J connectivity index is 4.10. The highest BCUT2D eigenvalue weighted by Crippen LogP contribution is 2.17. The molecule has 7 heteroatoms. The van der Waals surface area contributed by atoms with Crippen molar-refractivity contribution >= 4 is 37.1 Å². The molecule has 5 nitrogen and oxygen atoms in total. The molecule has 4 N–H and O–H groups in total. The number of carbonyl (C=O) groups excluding carboxylic acids is 2. The molecule has 0 fully saturated rings. The van der Waals surface area contributed by atoms with Gasteiger partial charge in [0, 0.05) is 18.1 Å². The molecule has 0 aromatic rings. The van der Waals surface area contributed by atoms with Crippen LogP contribution in [0.15, 0.2) is 0 Å². The van der Waals surface area contributed by atoms with Crippen LogP contribution in [0.25, 0.3) is 0 Å². The van der Waals surface area contributed by atoms with E-state index < -0.39 is 11.5 Å². The molecule has 0 radical (unpaired) electrons. The summed E-state index contributed by atoms with van der Waals surface area (Å²) in [6.45, 7) is 4.90. The molecule has 0 spiro atoms. The Hall–Kier alpha value is -0.400. The van der Waals surface area contributed by atoms with Crippen LogP contribution in [-0.2, 0) is 9.59 Å². The van der Waals surface area contributed by atoms with E-state index in [4.69, 9.17) is 5.73 Å². The van der Waals surface area contributed by atoms with E-state index in [0.29, 0.717) is 18.8 Å². The Kier molecular flexibility index (Phi) is 11.0. The normalized spacial score (nSPS) is 12.8. The highest BCUT2D eigenvalue weighted by Gasteiger charge is 2.29. The first-order valence-electron chi connectivity index (χ1n) is 7.39. The maximum Gasteiger partial charge on any atom is 0.243 e. The molecular weight excluding hydrogens is 306 g/mol. The number of rotatable bonds is 11. The summed E-state index contributed by atoms with van der Waals surface area (Å²) >= 11 is 8.29. The summed E-state index contributed by atoms with van der Waals surface area (Å²) in [7, 11) is 0. The van der Waals surface area contributed by atoms with Crippen molar-refractivity contribution in [2.45, 2.75) is 45.6 Å². The van der Waals surface area contributed by atoms with Crippen molar-refractivity contribution in [3.8, 4) is 0 Å². The van der Waals surface area contributed by atoms with Gasteiger partial charge in [-0.2, -0.15) is 25.3 Å². The Morgan fingerprint density at radius 3 is 2.29 bits per heavy atom. The van der Waals surface area contributed by atoms with Crippen molar-refractivity contribution in [3.05, 3.63) is 0 Å². The van der Waals surface area contributed by atoms with E-state index in [1.54, 1.807) is 13.8 Å². The molecule has 0 saturated carbocycles. The fourth-order valence-electron chi connectivity index (χ4n) is 1.58. The molecule has 0 aliphatic rings. The minimum Gasteiger partial charge on any atom is -0.354 e. The smallest absolute Gasteiger partial charge is 0.243 e. The van der Waals surface area contributed by atoms with Crippen molar-refractivity contribution < 1.29 is 9.59 Å². The first-order chi connectivity index (χ1) is 9.88. The van der Waals surface area contributed by atoms with E-state index in [-0.39, 0.29) is 17.6 Å². The lowest BCUT2D eigenvalue weighted by Gasteiger charge is -2.24. The number of nitrogens with two attached hydrogens (primary N) is 1. The average Bonchev–Trinajstić information content (AvgIpc) is 2.47. The molecule has 0 bridgehead atoms. The number of hydrogen-bond acceptors (Lipinski definition) is 5. The van der Waals surface area contributed by atoms with E-state index in [2.05, 4.69) is 35.9 Å². The zero-order valence-corrected chi connectivity index (χ0v) is 14.8. The van der Waals surface area contributed by atoms with Gasteiger partial charge in [-0.05, 0) is 19.4 Å². The fraction of sp³-hybridized carbons (Fsp3) is 0.857. The number of carbonyl (C=O) groups is 2. The summed E-state index contributed by atoms with van der Waals surface area (Å²) in [6.07, 6.45) is 4.06. The van der Waals surface area contributed by atoms with Crippen molar-refractivity contribution in [1.82, 2.24) is 10.6 Å². The Morgan fingerprint density at radius 1 is 1.14 bits per heavy atom. The largest absolute Gasteiger partial charge is 0.354 e. The molecule has 0 aromatic carbocycles. The lowest BCUT2D eigenvalue weighted by molar-refractivity contribution is -0.132. The molecule has 0 aliphatic carbocycles. The van der Waals surface area contributed by atoms with Crippen LogP contribution in [0, 0.1) is 5.41 Å². The highest BCUT2D eigenvalue weighted by molar-refractivity contribution is 7.80. The van der Waals surface area contributed by atoms with Crippen molar-refractivity contribution in [3.63, 3.8) is 0 Å². The number of nitrogens with one attached hydrogen (secondary N) is 2. The SMILES string of the molecule is CC(C)(CS)C(=O)N[C@@H](CS)C(=O)NCCCCCCN. The van der Waals surface area contributed by atoms with Gasteiger partial charge in [0.2, 0.25) is 11.8 Å². The van der Waals surface area contributed by atoms with E-state index in [9.17, 15) is 9.59 Å². The molecule has 0 unspecified atom stereocenters. The number of thiol groups is 2. The van der Waals surface area contributed by atoms with Crippen molar-refractivity contribution in [2.24, 2.45) is 11.1 Å². The Morgan fingerprint density at radius 2 is 1.76 bits per heavy atom. The van der Waals surface area contributed by atoms with Crippen molar-refractivity contribution in [2.75, 3.05) is 24.6 Å². The quantitative estimate of drug-likeness (QED) is 0.288. The summed E-state index contributed by atoms with van der Waals surface area (Å²) in [4.78, 5) is 24.0. The molecule has 2 amide bonds. The van der Waals surface area contributed by atoms with Gasteiger partial charge < -0.3 is 16.4 Å². The maximum absolute atomic E-state index is 12.0. The van der Waals surface area contributed by atoms with E-state index in [0.717, 1.165) is 25.7 Å². The predicted octanol–water partition coefficient (Wildman–Crippen LogP) is 0.992. The molecule has 0 heterocycles. The third-order valence-electron chi connectivity index (χ3n) is 3.24. The summed E-state index contributed by atoms with van der Waals surface area (Å²) < 4.78 is 0. The van der Waals surface area contributed by atoms with Crippen LogP contribution in [-0.4, -0.2) is 42.5 Å². The highest BCUT2D eigenvalue weighted by atomic mass is 32.1. The van der Waals surface area contributed by atoms with Gasteiger partial charge >= 0.3 is 0 Å². The summed E-state index contributed by atoms with van der Waals surface area (Å²) in [6, 6.07) is -0.607. The van der Waals surface area contributed by atoms with E-state index >= 15 is 0 Å². The minimum absolute atomic E-state index is 0.186. The van der Waals surface area contributed by atoms with E-state index in [1.165, 1.54) is 0 Å². The molecular formula is C14H29N3O2S2. The van der Waals surface area contributed by atoms with Gasteiger partial charge in [-0.15, -0.1) is 0 Å². The molecule has 21 heavy (non-hydrogen) atoms. The molecule has 0 rings (SSSR count). The molecule has 0 saturated heterocycles. The second-order valence-electron chi connectivity index (χ2n) is 5.74. The third kappa shape index (κ3) is 8.58. The van der Waals surface area contributed by atoms with Gasteiger partial charge in [-0.3, -0.25) is 9.59 Å². The van der Waals surface area contributed by atoms with Gasteiger partial charge in [0.25, 0.3) is 0 Å². The topological polar surface area (TPSA) is 84.2 Å². The molecule has 0 aliphatic heterocycles. The lowest BCUT2D eigenvalue weighted by Crippen LogP contribution is -2.52. The zero-order chi connectivity index (χ0) is 16.3. The number of unbranched alkanes of at least 4 members (excludes halogenated alkanes) is 3. The fourth-order valence-corrected chi connectivity index (χ4v) is 1.98. The van der Waals surface area contributed by atoms with Crippen LogP contribution in [0.4, 0.5) is 0 Å². The number of amides is 2. The van der Waals surface area contributed by atoms with Gasteiger partial charge in [-0.1, -0.05) is 26.7 Å². The summed E-state index contributed by atoms with van der Waals surface area (Å²) in [5, 5.41) is 5.56. The Bertz CT molecular complexity index is 325. The van der Waals surface area contributed by atoms with Crippen molar-refractivity contribution in [1.29, 1.82) is 0 Å². The van der Waals surface area contributed by atoms with Crippen LogP contribution in [0.3, 0.4) is 0 Å². The van der Waals surface area contributed by atoms with Crippen LogP contribution < -0.4 is 16.4 Å². The van der Waals surface area contributed by atoms with Gasteiger partial charge in [0.1, 0.15) is 6.04 Å². The third-order valence-corrected chi connectivity index (χ3v) is 4.40. The van der Waals surface area contributed by atoms with Crippen LogP contribution >= 0.6 is 25.3 Å².